The largest absolute Gasteiger partial charge is 0.493 e. The highest BCUT2D eigenvalue weighted by molar-refractivity contribution is 9.10. The summed E-state index contributed by atoms with van der Waals surface area (Å²) >= 11 is 5.00. The van der Waals surface area contributed by atoms with Gasteiger partial charge in [0.15, 0.2) is 0 Å². The number of hydrogen-bond donors (Lipinski definition) is 1. The quantitative estimate of drug-likeness (QED) is 0.452. The molecule has 0 heterocycles. The molecule has 0 atom stereocenters. The first kappa shape index (κ1) is 20.5. The summed E-state index contributed by atoms with van der Waals surface area (Å²) in [6, 6.07) is 15.7. The highest BCUT2D eigenvalue weighted by Crippen LogP contribution is 2.17. The van der Waals surface area contributed by atoms with E-state index < -0.39 is 0 Å². The molecule has 2 aromatic carbocycles. The molecule has 0 bridgehead atoms. The van der Waals surface area contributed by atoms with Crippen molar-refractivity contribution in [1.29, 1.82) is 0 Å². The van der Waals surface area contributed by atoms with Crippen molar-refractivity contribution in [3.8, 4) is 5.75 Å². The van der Waals surface area contributed by atoms with Gasteiger partial charge in [-0.1, -0.05) is 41.9 Å². The maximum Gasteiger partial charge on any atom is 0.250 e. The van der Waals surface area contributed by atoms with Gasteiger partial charge < -0.3 is 4.74 Å². The van der Waals surface area contributed by atoms with Crippen LogP contribution < -0.4 is 10.2 Å². The van der Waals surface area contributed by atoms with Gasteiger partial charge >= 0.3 is 0 Å². The molecule has 0 saturated carbocycles. The number of rotatable bonds is 9. The summed E-state index contributed by atoms with van der Waals surface area (Å²) in [5.41, 5.74) is 4.64. The molecule has 0 aliphatic carbocycles. The Morgan fingerprint density at radius 3 is 2.73 bits per heavy atom. The summed E-state index contributed by atoms with van der Waals surface area (Å²) in [5.74, 6) is 2.37. The van der Waals surface area contributed by atoms with Gasteiger partial charge in [-0.25, -0.2) is 5.43 Å². The molecule has 4 nitrogen and oxygen atoms in total. The normalized spacial score (nSPS) is 11.1. The number of carbonyl (C=O) groups excluding carboxylic acids is 1. The Kier molecular flexibility index (Phi) is 8.71. The lowest BCUT2D eigenvalue weighted by molar-refractivity contribution is -0.118. The van der Waals surface area contributed by atoms with Crippen LogP contribution in [0.5, 0.6) is 5.75 Å². The Labute approximate surface area is 167 Å². The summed E-state index contributed by atoms with van der Waals surface area (Å²) in [6.07, 6.45) is 1.63. The third kappa shape index (κ3) is 8.06. The van der Waals surface area contributed by atoms with E-state index in [0.717, 1.165) is 21.5 Å². The molecule has 0 radical (unpaired) electrons. The van der Waals surface area contributed by atoms with Crippen molar-refractivity contribution in [3.05, 3.63) is 64.1 Å². The summed E-state index contributed by atoms with van der Waals surface area (Å²) in [6.45, 7) is 4.92. The van der Waals surface area contributed by atoms with Gasteiger partial charge in [0, 0.05) is 10.2 Å². The molecular weight excluding hydrogens is 412 g/mol. The molecule has 0 aliphatic rings. The number of hydrazone groups is 1. The molecule has 138 valence electrons. The van der Waals surface area contributed by atoms with Crippen molar-refractivity contribution in [3.63, 3.8) is 0 Å². The topological polar surface area (TPSA) is 50.7 Å². The van der Waals surface area contributed by atoms with Crippen LogP contribution in [0.1, 0.15) is 25.0 Å². The van der Waals surface area contributed by atoms with E-state index in [4.69, 9.17) is 4.74 Å². The van der Waals surface area contributed by atoms with Gasteiger partial charge in [-0.05, 0) is 53.4 Å². The number of hydrogen-bond acceptors (Lipinski definition) is 4. The Morgan fingerprint density at radius 2 is 2.04 bits per heavy atom. The fourth-order valence-corrected chi connectivity index (χ4v) is 3.23. The van der Waals surface area contributed by atoms with Crippen molar-refractivity contribution >= 4 is 39.8 Å². The summed E-state index contributed by atoms with van der Waals surface area (Å²) in [7, 11) is 0. The number of carbonyl (C=O) groups is 1. The van der Waals surface area contributed by atoms with Crippen LogP contribution in [0, 0.1) is 5.92 Å². The molecule has 2 aromatic rings. The van der Waals surface area contributed by atoms with E-state index in [2.05, 4.69) is 46.4 Å². The number of benzene rings is 2. The summed E-state index contributed by atoms with van der Waals surface area (Å²) in [4.78, 5) is 11.8. The van der Waals surface area contributed by atoms with Crippen LogP contribution in [0.2, 0.25) is 0 Å². The number of thioether (sulfide) groups is 1. The van der Waals surface area contributed by atoms with Crippen LogP contribution in [0.15, 0.2) is 58.1 Å². The predicted octanol–water partition coefficient (Wildman–Crippen LogP) is 4.87. The second-order valence-corrected chi connectivity index (χ2v) is 8.09. The maximum atomic E-state index is 11.8. The summed E-state index contributed by atoms with van der Waals surface area (Å²) in [5, 5.41) is 4.00. The Balaban J connectivity index is 1.69. The standard InChI is InChI=1S/C20H23BrN2O2S/c1-15(2)12-25-19-8-6-16(7-9-19)11-22-23-20(24)14-26-13-17-4-3-5-18(21)10-17/h3-11,15H,12-14H2,1-2H3,(H,23,24)/b22-11-. The molecule has 1 N–H and O–H groups in total. The molecule has 0 spiro atoms. The van der Waals surface area contributed by atoms with Gasteiger partial charge in [0.25, 0.3) is 0 Å². The average Bonchev–Trinajstić information content (AvgIpc) is 2.61. The second kappa shape index (κ2) is 11.0. The van der Waals surface area contributed by atoms with Gasteiger partial charge in [0.05, 0.1) is 18.6 Å². The molecule has 26 heavy (non-hydrogen) atoms. The van der Waals surface area contributed by atoms with E-state index in [9.17, 15) is 4.79 Å². The zero-order chi connectivity index (χ0) is 18.8. The van der Waals surface area contributed by atoms with Gasteiger partial charge in [-0.15, -0.1) is 11.8 Å². The van der Waals surface area contributed by atoms with Crippen LogP contribution in [-0.2, 0) is 10.5 Å². The molecule has 1 amide bonds. The molecule has 6 heteroatoms. The lowest BCUT2D eigenvalue weighted by Gasteiger charge is -2.08. The van der Waals surface area contributed by atoms with Crippen LogP contribution in [-0.4, -0.2) is 24.5 Å². The smallest absolute Gasteiger partial charge is 0.250 e. The van der Waals surface area contributed by atoms with Crippen LogP contribution in [0.4, 0.5) is 0 Å². The lowest BCUT2D eigenvalue weighted by Crippen LogP contribution is -2.19. The first-order valence-electron chi connectivity index (χ1n) is 8.40. The highest BCUT2D eigenvalue weighted by Gasteiger charge is 2.01. The van der Waals surface area contributed by atoms with Crippen LogP contribution in [0.25, 0.3) is 0 Å². The zero-order valence-electron chi connectivity index (χ0n) is 14.9. The fourth-order valence-electron chi connectivity index (χ4n) is 2.01. The number of ether oxygens (including phenoxy) is 1. The third-order valence-corrected chi connectivity index (χ3v) is 4.75. The van der Waals surface area contributed by atoms with E-state index in [1.807, 2.05) is 42.5 Å². The molecule has 0 aliphatic heterocycles. The first-order chi connectivity index (χ1) is 12.5. The molecule has 0 unspecified atom stereocenters. The minimum Gasteiger partial charge on any atom is -0.493 e. The van der Waals surface area contributed by atoms with E-state index in [1.54, 1.807) is 18.0 Å². The van der Waals surface area contributed by atoms with E-state index >= 15 is 0 Å². The van der Waals surface area contributed by atoms with Crippen molar-refractivity contribution in [2.75, 3.05) is 12.4 Å². The second-order valence-electron chi connectivity index (χ2n) is 6.19. The number of halogens is 1. The molecular formula is C20H23BrN2O2S. The Bertz CT molecular complexity index is 733. The molecule has 2 rings (SSSR count). The van der Waals surface area contributed by atoms with Crippen molar-refractivity contribution < 1.29 is 9.53 Å². The lowest BCUT2D eigenvalue weighted by atomic mass is 10.2. The number of amides is 1. The van der Waals surface area contributed by atoms with Gasteiger partial charge in [-0.2, -0.15) is 5.10 Å². The molecule has 0 aromatic heterocycles. The molecule has 0 saturated heterocycles. The minimum absolute atomic E-state index is 0.113. The summed E-state index contributed by atoms with van der Waals surface area (Å²) < 4.78 is 6.68. The third-order valence-electron chi connectivity index (χ3n) is 3.26. The van der Waals surface area contributed by atoms with Crippen LogP contribution >= 0.6 is 27.7 Å². The van der Waals surface area contributed by atoms with E-state index in [-0.39, 0.29) is 5.91 Å². The van der Waals surface area contributed by atoms with Crippen molar-refractivity contribution in [2.24, 2.45) is 11.0 Å². The highest BCUT2D eigenvalue weighted by atomic mass is 79.9. The Morgan fingerprint density at radius 1 is 1.27 bits per heavy atom. The maximum absolute atomic E-state index is 11.8. The van der Waals surface area contributed by atoms with Crippen molar-refractivity contribution in [1.82, 2.24) is 5.43 Å². The minimum atomic E-state index is -0.113. The van der Waals surface area contributed by atoms with Gasteiger partial charge in [0.1, 0.15) is 5.75 Å². The molecule has 0 fully saturated rings. The van der Waals surface area contributed by atoms with Crippen LogP contribution in [0.3, 0.4) is 0 Å². The van der Waals surface area contributed by atoms with Gasteiger partial charge in [-0.3, -0.25) is 4.79 Å². The van der Waals surface area contributed by atoms with E-state index in [1.165, 1.54) is 5.56 Å². The monoisotopic (exact) mass is 434 g/mol. The predicted molar refractivity (Wildman–Crippen MR) is 113 cm³/mol. The van der Waals surface area contributed by atoms with Crippen molar-refractivity contribution in [2.45, 2.75) is 19.6 Å². The SMILES string of the molecule is CC(C)COc1ccc(/C=N\NC(=O)CSCc2cccc(Br)c2)cc1. The van der Waals surface area contributed by atoms with E-state index in [0.29, 0.717) is 18.3 Å². The van der Waals surface area contributed by atoms with Gasteiger partial charge in [0.2, 0.25) is 5.91 Å². The number of nitrogens with one attached hydrogen (secondary N) is 1. The zero-order valence-corrected chi connectivity index (χ0v) is 17.3. The Hall–Kier alpha value is -1.79. The average molecular weight is 435 g/mol. The fraction of sp³-hybridized carbons (Fsp3) is 0.300. The number of nitrogens with zero attached hydrogens (tertiary/aromatic N) is 1. The first-order valence-corrected chi connectivity index (χ1v) is 10.3.